The molecule has 0 aliphatic carbocycles. The molecule has 4 aromatic rings. The summed E-state index contributed by atoms with van der Waals surface area (Å²) in [6.45, 7) is 0. The minimum atomic E-state index is -0.0527. The van der Waals surface area contributed by atoms with E-state index >= 15 is 0 Å². The van der Waals surface area contributed by atoms with E-state index in [9.17, 15) is 4.79 Å². The van der Waals surface area contributed by atoms with Crippen molar-refractivity contribution in [3.8, 4) is 0 Å². The van der Waals surface area contributed by atoms with Crippen molar-refractivity contribution in [2.45, 2.75) is 12.8 Å². The number of aryl methyl sites for hydroxylation is 1. The number of nitrogens with one attached hydrogen (secondary N) is 2. The average molecular weight is 350 g/mol. The zero-order chi connectivity index (χ0) is 17.2. The maximum Gasteiger partial charge on any atom is 0.224 e. The van der Waals surface area contributed by atoms with Crippen LogP contribution < -0.4 is 5.32 Å². The van der Waals surface area contributed by atoms with E-state index in [4.69, 9.17) is 11.6 Å². The number of para-hydroxylation sites is 1. The summed E-state index contributed by atoms with van der Waals surface area (Å²) in [5.41, 5.74) is 3.71. The molecule has 0 spiro atoms. The average Bonchev–Trinajstić information content (AvgIpc) is 2.98. The van der Waals surface area contributed by atoms with Crippen LogP contribution in [-0.2, 0) is 11.2 Å². The Bertz CT molecular complexity index is 1070. The normalized spacial score (nSPS) is 11.1. The van der Waals surface area contributed by atoms with Crippen molar-refractivity contribution in [3.63, 3.8) is 0 Å². The number of amides is 1. The van der Waals surface area contributed by atoms with Crippen LogP contribution in [-0.4, -0.2) is 15.9 Å². The van der Waals surface area contributed by atoms with Crippen LogP contribution >= 0.6 is 11.6 Å². The van der Waals surface area contributed by atoms with Crippen LogP contribution in [0.15, 0.2) is 60.8 Å². The van der Waals surface area contributed by atoms with E-state index in [0.717, 1.165) is 22.1 Å². The van der Waals surface area contributed by atoms with Gasteiger partial charge in [-0.25, -0.2) is 0 Å². The number of nitrogens with zero attached hydrogens (tertiary/aromatic N) is 1. The second kappa shape index (κ2) is 6.57. The summed E-state index contributed by atoms with van der Waals surface area (Å²) in [6.07, 6.45) is 2.79. The standard InChI is InChI=1S/C20H16ClN3O/c21-13-4-3-5-15(10-13)23-20(25)9-8-14-11-17-16-6-1-2-7-18(16)24-19(17)12-22-14/h1-7,10-12,24H,8-9H2,(H,23,25). The summed E-state index contributed by atoms with van der Waals surface area (Å²) in [5, 5.41) is 5.76. The number of rotatable bonds is 4. The van der Waals surface area contributed by atoms with Gasteiger partial charge in [-0.3, -0.25) is 9.78 Å². The number of aromatic amines is 1. The molecule has 1 amide bonds. The third kappa shape index (κ3) is 3.35. The SMILES string of the molecule is O=C(CCc1cc2c(cn1)[nH]c1ccccc12)Nc1cccc(Cl)c1. The van der Waals surface area contributed by atoms with Crippen LogP contribution in [0.4, 0.5) is 5.69 Å². The van der Waals surface area contributed by atoms with E-state index < -0.39 is 0 Å². The van der Waals surface area contributed by atoms with Gasteiger partial charge in [-0.2, -0.15) is 0 Å². The molecule has 4 rings (SSSR count). The first-order valence-corrected chi connectivity index (χ1v) is 8.47. The molecule has 0 bridgehead atoms. The van der Waals surface area contributed by atoms with Crippen molar-refractivity contribution in [2.75, 3.05) is 5.32 Å². The van der Waals surface area contributed by atoms with Gasteiger partial charge in [-0.05, 0) is 36.8 Å². The van der Waals surface area contributed by atoms with Crippen LogP contribution in [0.2, 0.25) is 5.02 Å². The highest BCUT2D eigenvalue weighted by Crippen LogP contribution is 2.25. The first-order valence-electron chi connectivity index (χ1n) is 8.10. The minimum absolute atomic E-state index is 0.0527. The maximum atomic E-state index is 12.1. The fraction of sp³-hybridized carbons (Fsp3) is 0.100. The van der Waals surface area contributed by atoms with Crippen LogP contribution in [0, 0.1) is 0 Å². The molecule has 0 saturated heterocycles. The Labute approximate surface area is 149 Å². The lowest BCUT2D eigenvalue weighted by Crippen LogP contribution is -2.12. The highest BCUT2D eigenvalue weighted by atomic mass is 35.5. The Morgan fingerprint density at radius 3 is 2.80 bits per heavy atom. The molecule has 0 radical (unpaired) electrons. The molecule has 0 aliphatic heterocycles. The van der Waals surface area contributed by atoms with E-state index in [1.807, 2.05) is 36.5 Å². The molecule has 0 saturated carbocycles. The van der Waals surface area contributed by atoms with Gasteiger partial charge in [0.25, 0.3) is 0 Å². The zero-order valence-electron chi connectivity index (χ0n) is 13.4. The second-order valence-corrected chi connectivity index (χ2v) is 6.39. The quantitative estimate of drug-likeness (QED) is 0.548. The predicted octanol–water partition coefficient (Wildman–Crippen LogP) is 4.94. The lowest BCUT2D eigenvalue weighted by molar-refractivity contribution is -0.116. The largest absolute Gasteiger partial charge is 0.353 e. The van der Waals surface area contributed by atoms with Crippen molar-refractivity contribution in [2.24, 2.45) is 0 Å². The van der Waals surface area contributed by atoms with Crippen LogP contribution in [0.5, 0.6) is 0 Å². The van der Waals surface area contributed by atoms with E-state index in [1.165, 1.54) is 5.39 Å². The number of hydrogen-bond donors (Lipinski definition) is 2. The number of benzene rings is 2. The summed E-state index contributed by atoms with van der Waals surface area (Å²) in [5.74, 6) is -0.0527. The predicted molar refractivity (Wildman–Crippen MR) is 102 cm³/mol. The number of aromatic nitrogens is 2. The van der Waals surface area contributed by atoms with E-state index in [-0.39, 0.29) is 5.91 Å². The molecule has 25 heavy (non-hydrogen) atoms. The fourth-order valence-electron chi connectivity index (χ4n) is 2.96. The zero-order valence-corrected chi connectivity index (χ0v) is 14.2. The Morgan fingerprint density at radius 2 is 1.92 bits per heavy atom. The summed E-state index contributed by atoms with van der Waals surface area (Å²) < 4.78 is 0. The number of carbonyl (C=O) groups is 1. The summed E-state index contributed by atoms with van der Waals surface area (Å²) in [7, 11) is 0. The molecule has 124 valence electrons. The highest BCUT2D eigenvalue weighted by Gasteiger charge is 2.08. The van der Waals surface area contributed by atoms with E-state index in [1.54, 1.807) is 12.1 Å². The lowest BCUT2D eigenvalue weighted by Gasteiger charge is -2.05. The molecule has 2 N–H and O–H groups in total. The van der Waals surface area contributed by atoms with Crippen molar-refractivity contribution >= 4 is 45.0 Å². The van der Waals surface area contributed by atoms with E-state index in [0.29, 0.717) is 23.6 Å². The number of hydrogen-bond acceptors (Lipinski definition) is 2. The Hall–Kier alpha value is -2.85. The first-order chi connectivity index (χ1) is 12.2. The van der Waals surface area contributed by atoms with Gasteiger partial charge in [0.05, 0.1) is 11.7 Å². The summed E-state index contributed by atoms with van der Waals surface area (Å²) in [6, 6.07) is 17.4. The molecule has 2 aromatic heterocycles. The van der Waals surface area contributed by atoms with Crippen molar-refractivity contribution in [1.29, 1.82) is 0 Å². The van der Waals surface area contributed by atoms with Gasteiger partial charge in [0.1, 0.15) is 0 Å². The summed E-state index contributed by atoms with van der Waals surface area (Å²) in [4.78, 5) is 20.0. The Kier molecular flexibility index (Phi) is 4.12. The molecule has 0 aliphatic rings. The van der Waals surface area contributed by atoms with Gasteiger partial charge in [0, 0.05) is 39.1 Å². The van der Waals surface area contributed by atoms with Gasteiger partial charge >= 0.3 is 0 Å². The smallest absolute Gasteiger partial charge is 0.224 e. The molecular formula is C20H16ClN3O. The molecule has 5 heteroatoms. The first kappa shape index (κ1) is 15.7. The van der Waals surface area contributed by atoms with Crippen LogP contribution in [0.1, 0.15) is 12.1 Å². The second-order valence-electron chi connectivity index (χ2n) is 5.95. The Balaban J connectivity index is 1.49. The van der Waals surface area contributed by atoms with E-state index in [2.05, 4.69) is 27.4 Å². The molecule has 0 fully saturated rings. The minimum Gasteiger partial charge on any atom is -0.353 e. The number of anilines is 1. The highest BCUT2D eigenvalue weighted by molar-refractivity contribution is 6.30. The molecule has 0 unspecified atom stereocenters. The van der Waals surface area contributed by atoms with Gasteiger partial charge in [0.2, 0.25) is 5.91 Å². The molecule has 4 nitrogen and oxygen atoms in total. The third-order valence-corrected chi connectivity index (χ3v) is 4.40. The number of H-pyrrole nitrogens is 1. The van der Waals surface area contributed by atoms with Crippen molar-refractivity contribution < 1.29 is 4.79 Å². The number of halogens is 1. The van der Waals surface area contributed by atoms with Gasteiger partial charge in [0.15, 0.2) is 0 Å². The lowest BCUT2D eigenvalue weighted by atomic mass is 10.1. The molecular weight excluding hydrogens is 334 g/mol. The van der Waals surface area contributed by atoms with Crippen LogP contribution in [0.25, 0.3) is 21.8 Å². The van der Waals surface area contributed by atoms with Crippen molar-refractivity contribution in [3.05, 3.63) is 71.5 Å². The fourth-order valence-corrected chi connectivity index (χ4v) is 3.15. The Morgan fingerprint density at radius 1 is 1.04 bits per heavy atom. The van der Waals surface area contributed by atoms with Gasteiger partial charge in [-0.15, -0.1) is 0 Å². The van der Waals surface area contributed by atoms with Gasteiger partial charge < -0.3 is 10.3 Å². The number of pyridine rings is 1. The molecule has 0 atom stereocenters. The monoisotopic (exact) mass is 349 g/mol. The topological polar surface area (TPSA) is 57.8 Å². The number of fused-ring (bicyclic) bond motifs is 3. The van der Waals surface area contributed by atoms with Crippen molar-refractivity contribution in [1.82, 2.24) is 9.97 Å². The molecule has 2 heterocycles. The van der Waals surface area contributed by atoms with Crippen LogP contribution in [0.3, 0.4) is 0 Å². The number of carbonyl (C=O) groups excluding carboxylic acids is 1. The third-order valence-electron chi connectivity index (χ3n) is 4.16. The van der Waals surface area contributed by atoms with Gasteiger partial charge in [-0.1, -0.05) is 35.9 Å². The maximum absolute atomic E-state index is 12.1. The molecule has 2 aromatic carbocycles. The summed E-state index contributed by atoms with van der Waals surface area (Å²) >= 11 is 5.93.